The molecule has 0 bridgehead atoms. The van der Waals surface area contributed by atoms with Crippen molar-refractivity contribution in [2.45, 2.75) is 51.7 Å². The highest BCUT2D eigenvalue weighted by Gasteiger charge is 2.32. The summed E-state index contributed by atoms with van der Waals surface area (Å²) in [5.41, 5.74) is 1.67. The van der Waals surface area contributed by atoms with Gasteiger partial charge in [-0.05, 0) is 38.0 Å². The van der Waals surface area contributed by atoms with Gasteiger partial charge in [0.25, 0.3) is 0 Å². The van der Waals surface area contributed by atoms with Crippen LogP contribution in [0.1, 0.15) is 37.5 Å². The number of carbonyl (C=O) groups excluding carboxylic acids is 2. The van der Waals surface area contributed by atoms with Crippen LogP contribution >= 0.6 is 0 Å². The molecule has 0 radical (unpaired) electrons. The molecular weight excluding hydrogens is 415 g/mol. The first-order valence-electron chi connectivity index (χ1n) is 11.2. The standard InChI is InChI=1S/C28H31FN2O2/c1-28(2,3)30-27(33)25(18-21-12-6-4-7-13-21)31(20-23-16-10-11-17-24(23)29)26(32)19-22-14-8-5-9-15-22/h4-17,25H,18-20H2,1-3H3,(H,30,33)/t25-/m0/s1. The number of carbonyl (C=O) groups is 2. The molecule has 172 valence electrons. The smallest absolute Gasteiger partial charge is 0.243 e. The predicted molar refractivity (Wildman–Crippen MR) is 129 cm³/mol. The number of amides is 2. The fourth-order valence-electron chi connectivity index (χ4n) is 3.69. The van der Waals surface area contributed by atoms with Crippen molar-refractivity contribution >= 4 is 11.8 Å². The van der Waals surface area contributed by atoms with Gasteiger partial charge in [0.05, 0.1) is 6.42 Å². The van der Waals surface area contributed by atoms with E-state index in [1.165, 1.54) is 11.0 Å². The zero-order valence-electron chi connectivity index (χ0n) is 19.4. The minimum absolute atomic E-state index is 0.00734. The highest BCUT2D eigenvalue weighted by atomic mass is 19.1. The molecule has 0 saturated heterocycles. The van der Waals surface area contributed by atoms with Crippen molar-refractivity contribution in [3.63, 3.8) is 0 Å². The number of nitrogens with zero attached hydrogens (tertiary/aromatic N) is 1. The minimum Gasteiger partial charge on any atom is -0.350 e. The van der Waals surface area contributed by atoms with E-state index in [1.807, 2.05) is 81.4 Å². The fourth-order valence-corrected chi connectivity index (χ4v) is 3.69. The van der Waals surface area contributed by atoms with E-state index in [-0.39, 0.29) is 24.8 Å². The third-order valence-corrected chi connectivity index (χ3v) is 5.27. The van der Waals surface area contributed by atoms with Crippen LogP contribution in [0, 0.1) is 5.82 Å². The molecule has 4 nitrogen and oxygen atoms in total. The van der Waals surface area contributed by atoms with E-state index >= 15 is 0 Å². The summed E-state index contributed by atoms with van der Waals surface area (Å²) in [6, 6.07) is 24.5. The van der Waals surface area contributed by atoms with E-state index in [0.717, 1.165) is 11.1 Å². The van der Waals surface area contributed by atoms with Gasteiger partial charge in [0.1, 0.15) is 11.9 Å². The first-order valence-corrected chi connectivity index (χ1v) is 11.2. The van der Waals surface area contributed by atoms with Gasteiger partial charge >= 0.3 is 0 Å². The number of halogens is 1. The summed E-state index contributed by atoms with van der Waals surface area (Å²) >= 11 is 0. The Hall–Kier alpha value is -3.47. The summed E-state index contributed by atoms with van der Waals surface area (Å²) in [4.78, 5) is 28.5. The molecular formula is C28H31FN2O2. The molecule has 0 unspecified atom stereocenters. The molecule has 0 aromatic heterocycles. The van der Waals surface area contributed by atoms with Crippen molar-refractivity contribution in [3.05, 3.63) is 107 Å². The number of hydrogen-bond acceptors (Lipinski definition) is 2. The van der Waals surface area contributed by atoms with Crippen LogP contribution in [0.5, 0.6) is 0 Å². The molecule has 1 N–H and O–H groups in total. The lowest BCUT2D eigenvalue weighted by Gasteiger charge is -2.34. The van der Waals surface area contributed by atoms with Crippen LogP contribution < -0.4 is 5.32 Å². The van der Waals surface area contributed by atoms with Crippen LogP contribution in [-0.4, -0.2) is 28.3 Å². The van der Waals surface area contributed by atoms with Gasteiger partial charge in [0, 0.05) is 24.1 Å². The van der Waals surface area contributed by atoms with E-state index in [9.17, 15) is 14.0 Å². The quantitative estimate of drug-likeness (QED) is 0.534. The topological polar surface area (TPSA) is 49.4 Å². The van der Waals surface area contributed by atoms with Crippen molar-refractivity contribution in [3.8, 4) is 0 Å². The van der Waals surface area contributed by atoms with Crippen LogP contribution in [0.3, 0.4) is 0 Å². The summed E-state index contributed by atoms with van der Waals surface area (Å²) < 4.78 is 14.6. The predicted octanol–water partition coefficient (Wildman–Crippen LogP) is 4.92. The average molecular weight is 447 g/mol. The van der Waals surface area contributed by atoms with Crippen LogP contribution in [0.4, 0.5) is 4.39 Å². The lowest BCUT2D eigenvalue weighted by atomic mass is 9.99. The maximum Gasteiger partial charge on any atom is 0.243 e. The van der Waals surface area contributed by atoms with E-state index in [1.54, 1.807) is 18.2 Å². The van der Waals surface area contributed by atoms with Crippen molar-refractivity contribution in [1.82, 2.24) is 10.2 Å². The molecule has 5 heteroatoms. The molecule has 3 aromatic carbocycles. The molecule has 0 spiro atoms. The third-order valence-electron chi connectivity index (χ3n) is 5.27. The Morgan fingerprint density at radius 1 is 0.848 bits per heavy atom. The number of rotatable bonds is 8. The highest BCUT2D eigenvalue weighted by molar-refractivity contribution is 5.89. The second-order valence-electron chi connectivity index (χ2n) is 9.22. The van der Waals surface area contributed by atoms with Gasteiger partial charge in [0.15, 0.2) is 0 Å². The second kappa shape index (κ2) is 10.9. The number of nitrogens with one attached hydrogen (secondary N) is 1. The van der Waals surface area contributed by atoms with Crippen LogP contribution in [0.25, 0.3) is 0 Å². The minimum atomic E-state index is -0.789. The Kier molecular flexibility index (Phi) is 7.99. The summed E-state index contributed by atoms with van der Waals surface area (Å²) in [6.45, 7) is 5.71. The van der Waals surface area contributed by atoms with Gasteiger partial charge in [-0.25, -0.2) is 4.39 Å². The normalized spacial score (nSPS) is 12.1. The SMILES string of the molecule is CC(C)(C)NC(=O)[C@H](Cc1ccccc1)N(Cc1ccccc1F)C(=O)Cc1ccccc1. The van der Waals surface area contributed by atoms with Crippen molar-refractivity contribution < 1.29 is 14.0 Å². The fraction of sp³-hybridized carbons (Fsp3) is 0.286. The molecule has 0 aliphatic carbocycles. The lowest BCUT2D eigenvalue weighted by molar-refractivity contribution is -0.141. The summed E-state index contributed by atoms with van der Waals surface area (Å²) in [5.74, 6) is -0.886. The number of benzene rings is 3. The third kappa shape index (κ3) is 7.28. The van der Waals surface area contributed by atoms with Crippen LogP contribution in [-0.2, 0) is 29.0 Å². The molecule has 0 fully saturated rings. The Bertz CT molecular complexity index is 1060. The first-order chi connectivity index (χ1) is 15.7. The lowest BCUT2D eigenvalue weighted by Crippen LogP contribution is -2.54. The highest BCUT2D eigenvalue weighted by Crippen LogP contribution is 2.19. The van der Waals surface area contributed by atoms with Crippen LogP contribution in [0.2, 0.25) is 0 Å². The van der Waals surface area contributed by atoms with Crippen molar-refractivity contribution in [2.75, 3.05) is 0 Å². The largest absolute Gasteiger partial charge is 0.350 e. The molecule has 0 heterocycles. The van der Waals surface area contributed by atoms with E-state index in [2.05, 4.69) is 5.32 Å². The zero-order chi connectivity index (χ0) is 23.8. The Morgan fingerprint density at radius 2 is 1.39 bits per heavy atom. The average Bonchev–Trinajstić information content (AvgIpc) is 2.77. The van der Waals surface area contributed by atoms with Gasteiger partial charge in [-0.2, -0.15) is 0 Å². The summed E-state index contributed by atoms with van der Waals surface area (Å²) in [7, 11) is 0. The summed E-state index contributed by atoms with van der Waals surface area (Å²) in [6.07, 6.45) is 0.459. The number of hydrogen-bond donors (Lipinski definition) is 1. The maximum atomic E-state index is 14.6. The molecule has 3 rings (SSSR count). The van der Waals surface area contributed by atoms with Gasteiger partial charge in [-0.15, -0.1) is 0 Å². The second-order valence-corrected chi connectivity index (χ2v) is 9.22. The molecule has 2 amide bonds. The Labute approximate surface area is 195 Å². The zero-order valence-corrected chi connectivity index (χ0v) is 19.4. The molecule has 1 atom stereocenters. The first kappa shape index (κ1) is 24.2. The van der Waals surface area contributed by atoms with Gasteiger partial charge in [-0.3, -0.25) is 9.59 Å². The molecule has 3 aromatic rings. The van der Waals surface area contributed by atoms with Crippen molar-refractivity contribution in [1.29, 1.82) is 0 Å². The van der Waals surface area contributed by atoms with E-state index in [4.69, 9.17) is 0 Å². The van der Waals surface area contributed by atoms with Crippen molar-refractivity contribution in [2.24, 2.45) is 0 Å². The Balaban J connectivity index is 1.99. The molecule has 0 aliphatic rings. The van der Waals surface area contributed by atoms with Crippen LogP contribution in [0.15, 0.2) is 84.9 Å². The van der Waals surface area contributed by atoms with Gasteiger partial charge in [0.2, 0.25) is 11.8 Å². The maximum absolute atomic E-state index is 14.6. The Morgan fingerprint density at radius 3 is 1.97 bits per heavy atom. The van der Waals surface area contributed by atoms with Gasteiger partial charge < -0.3 is 10.2 Å². The molecule has 33 heavy (non-hydrogen) atoms. The molecule has 0 aliphatic heterocycles. The molecule has 0 saturated carbocycles. The van der Waals surface area contributed by atoms with Gasteiger partial charge in [-0.1, -0.05) is 78.9 Å². The van der Waals surface area contributed by atoms with E-state index in [0.29, 0.717) is 12.0 Å². The van der Waals surface area contributed by atoms with E-state index < -0.39 is 17.4 Å². The monoisotopic (exact) mass is 446 g/mol. The summed E-state index contributed by atoms with van der Waals surface area (Å²) in [5, 5.41) is 3.01.